The lowest BCUT2D eigenvalue weighted by atomic mass is 9.82. The third kappa shape index (κ3) is 2.18. The molecule has 1 amide bonds. The van der Waals surface area contributed by atoms with Crippen LogP contribution in [0, 0.1) is 0 Å². The van der Waals surface area contributed by atoms with E-state index in [0.29, 0.717) is 11.4 Å². The normalized spacial score (nSPS) is 20.8. The quantitative estimate of drug-likeness (QED) is 0.638. The van der Waals surface area contributed by atoms with Crippen molar-refractivity contribution in [1.29, 1.82) is 0 Å². The molecule has 2 aromatic carbocycles. The number of ether oxygens (including phenoxy) is 1. The van der Waals surface area contributed by atoms with Crippen LogP contribution in [0.3, 0.4) is 0 Å². The molecule has 0 spiro atoms. The molecule has 106 valence electrons. The Hall–Kier alpha value is -2.62. The van der Waals surface area contributed by atoms with Gasteiger partial charge < -0.3 is 14.4 Å². The van der Waals surface area contributed by atoms with E-state index in [-0.39, 0.29) is 11.8 Å². The Morgan fingerprint density at radius 3 is 2.29 bits per heavy atom. The number of aldehydes is 1. The number of benzene rings is 2. The summed E-state index contributed by atoms with van der Waals surface area (Å²) in [6, 6.07) is 16.1. The molecule has 1 aliphatic rings. The predicted octanol–water partition coefficient (Wildman–Crippen LogP) is 2.39. The third-order valence-corrected chi connectivity index (χ3v) is 3.79. The molecule has 0 N–H and O–H groups in total. The summed E-state index contributed by atoms with van der Waals surface area (Å²) < 4.78 is 5.10. The van der Waals surface area contributed by atoms with Crippen molar-refractivity contribution in [3.8, 4) is 5.75 Å². The molecule has 3 rings (SSSR count). The molecule has 1 saturated heterocycles. The van der Waals surface area contributed by atoms with Crippen LogP contribution in [0.2, 0.25) is 0 Å². The maximum Gasteiger partial charge on any atom is 0.237 e. The zero-order chi connectivity index (χ0) is 14.8. The van der Waals surface area contributed by atoms with Crippen molar-refractivity contribution in [1.82, 2.24) is 0 Å². The molecule has 0 bridgehead atoms. The summed E-state index contributed by atoms with van der Waals surface area (Å²) in [5.41, 5.74) is 1.59. The molecule has 0 aliphatic carbocycles. The van der Waals surface area contributed by atoms with Crippen LogP contribution in [0.1, 0.15) is 11.5 Å². The van der Waals surface area contributed by atoms with E-state index in [2.05, 4.69) is 0 Å². The SMILES string of the molecule is COc1ccc(N2C(=O)[C@@H](c3ccccc3)[C@@H]2C=O)cc1. The number of anilines is 1. The lowest BCUT2D eigenvalue weighted by Crippen LogP contribution is -2.60. The predicted molar refractivity (Wildman–Crippen MR) is 79.5 cm³/mol. The molecule has 1 heterocycles. The van der Waals surface area contributed by atoms with Crippen LogP contribution in [0.4, 0.5) is 5.69 Å². The Morgan fingerprint density at radius 2 is 1.71 bits per heavy atom. The first-order valence-electron chi connectivity index (χ1n) is 6.73. The van der Waals surface area contributed by atoms with Crippen molar-refractivity contribution in [2.45, 2.75) is 12.0 Å². The molecule has 1 aliphatic heterocycles. The highest BCUT2D eigenvalue weighted by molar-refractivity contribution is 6.11. The number of hydrogen-bond donors (Lipinski definition) is 0. The van der Waals surface area contributed by atoms with Gasteiger partial charge in [0, 0.05) is 5.69 Å². The number of amides is 1. The molecular formula is C17H15NO3. The van der Waals surface area contributed by atoms with Gasteiger partial charge in [-0.3, -0.25) is 4.79 Å². The smallest absolute Gasteiger partial charge is 0.237 e. The first kappa shape index (κ1) is 13.4. The monoisotopic (exact) mass is 281 g/mol. The van der Waals surface area contributed by atoms with Crippen LogP contribution < -0.4 is 9.64 Å². The molecule has 4 heteroatoms. The summed E-state index contributed by atoms with van der Waals surface area (Å²) >= 11 is 0. The van der Waals surface area contributed by atoms with Gasteiger partial charge in [0.05, 0.1) is 13.0 Å². The van der Waals surface area contributed by atoms with Gasteiger partial charge in [0.15, 0.2) is 0 Å². The molecule has 1 fully saturated rings. The van der Waals surface area contributed by atoms with Gasteiger partial charge in [0.2, 0.25) is 5.91 Å². The minimum Gasteiger partial charge on any atom is -0.497 e. The standard InChI is InChI=1S/C17H15NO3/c1-21-14-9-7-13(8-10-14)18-15(11-19)16(17(18)20)12-5-3-2-4-6-12/h2-11,15-16H,1H3/t15-,16-/m0/s1. The zero-order valence-electron chi connectivity index (χ0n) is 11.6. The fourth-order valence-corrected chi connectivity index (χ4v) is 2.69. The van der Waals surface area contributed by atoms with Crippen molar-refractivity contribution < 1.29 is 14.3 Å². The summed E-state index contributed by atoms with van der Waals surface area (Å²) in [5, 5.41) is 0. The maximum absolute atomic E-state index is 12.4. The van der Waals surface area contributed by atoms with Crippen LogP contribution in [-0.4, -0.2) is 25.3 Å². The highest BCUT2D eigenvalue weighted by Crippen LogP contribution is 2.38. The van der Waals surface area contributed by atoms with Crippen LogP contribution >= 0.6 is 0 Å². The number of β-lactam (4-membered cyclic amide) rings is 1. The van der Waals surface area contributed by atoms with Gasteiger partial charge in [-0.1, -0.05) is 30.3 Å². The topological polar surface area (TPSA) is 46.6 Å². The van der Waals surface area contributed by atoms with Crippen molar-refractivity contribution in [3.05, 3.63) is 60.2 Å². The third-order valence-electron chi connectivity index (χ3n) is 3.79. The maximum atomic E-state index is 12.4. The molecule has 0 radical (unpaired) electrons. The molecule has 2 aromatic rings. The second-order valence-electron chi connectivity index (χ2n) is 4.92. The molecule has 0 saturated carbocycles. The first-order valence-corrected chi connectivity index (χ1v) is 6.73. The lowest BCUT2D eigenvalue weighted by molar-refractivity contribution is -0.130. The summed E-state index contributed by atoms with van der Waals surface area (Å²) in [7, 11) is 1.59. The second-order valence-corrected chi connectivity index (χ2v) is 4.92. The summed E-state index contributed by atoms with van der Waals surface area (Å²) in [4.78, 5) is 25.4. The first-order chi connectivity index (χ1) is 10.3. The van der Waals surface area contributed by atoms with E-state index in [4.69, 9.17) is 4.74 Å². The number of methoxy groups -OCH3 is 1. The van der Waals surface area contributed by atoms with E-state index in [1.54, 1.807) is 31.4 Å². The minimum absolute atomic E-state index is 0.0523. The van der Waals surface area contributed by atoms with Gasteiger partial charge in [0.1, 0.15) is 18.1 Å². The molecular weight excluding hydrogens is 266 g/mol. The Bertz CT molecular complexity index is 651. The number of hydrogen-bond acceptors (Lipinski definition) is 3. The van der Waals surface area contributed by atoms with E-state index in [1.807, 2.05) is 30.3 Å². The van der Waals surface area contributed by atoms with Crippen molar-refractivity contribution in [2.75, 3.05) is 12.0 Å². The molecule has 4 nitrogen and oxygen atoms in total. The van der Waals surface area contributed by atoms with Gasteiger partial charge in [-0.2, -0.15) is 0 Å². The minimum atomic E-state index is -0.451. The Morgan fingerprint density at radius 1 is 1.05 bits per heavy atom. The average Bonchev–Trinajstić information content (AvgIpc) is 2.54. The Balaban J connectivity index is 1.88. The summed E-state index contributed by atoms with van der Waals surface area (Å²) in [5.74, 6) is 0.281. The van der Waals surface area contributed by atoms with Crippen molar-refractivity contribution in [3.63, 3.8) is 0 Å². The van der Waals surface area contributed by atoms with Crippen LogP contribution in [0.5, 0.6) is 5.75 Å². The van der Waals surface area contributed by atoms with E-state index < -0.39 is 6.04 Å². The van der Waals surface area contributed by atoms with Gasteiger partial charge in [-0.05, 0) is 29.8 Å². The van der Waals surface area contributed by atoms with E-state index >= 15 is 0 Å². The van der Waals surface area contributed by atoms with Gasteiger partial charge in [0.25, 0.3) is 0 Å². The zero-order valence-corrected chi connectivity index (χ0v) is 11.6. The van der Waals surface area contributed by atoms with Gasteiger partial charge in [-0.25, -0.2) is 0 Å². The highest BCUT2D eigenvalue weighted by atomic mass is 16.5. The van der Waals surface area contributed by atoms with Crippen molar-refractivity contribution in [2.24, 2.45) is 0 Å². The van der Waals surface area contributed by atoms with E-state index in [0.717, 1.165) is 11.8 Å². The molecule has 2 atom stereocenters. The summed E-state index contributed by atoms with van der Waals surface area (Å²) in [6.45, 7) is 0. The fraction of sp³-hybridized carbons (Fsp3) is 0.176. The largest absolute Gasteiger partial charge is 0.497 e. The number of carbonyl (C=O) groups is 2. The second kappa shape index (κ2) is 5.40. The molecule has 21 heavy (non-hydrogen) atoms. The number of rotatable bonds is 4. The van der Waals surface area contributed by atoms with Crippen LogP contribution in [0.25, 0.3) is 0 Å². The average molecular weight is 281 g/mol. The lowest BCUT2D eigenvalue weighted by Gasteiger charge is -2.44. The van der Waals surface area contributed by atoms with E-state index in [9.17, 15) is 9.59 Å². The Kier molecular flexibility index (Phi) is 3.44. The van der Waals surface area contributed by atoms with Gasteiger partial charge in [-0.15, -0.1) is 0 Å². The fourth-order valence-electron chi connectivity index (χ4n) is 2.69. The Labute approximate surface area is 123 Å². The van der Waals surface area contributed by atoms with E-state index in [1.165, 1.54) is 4.90 Å². The molecule has 0 aromatic heterocycles. The summed E-state index contributed by atoms with van der Waals surface area (Å²) in [6.07, 6.45) is 0.837. The number of carbonyl (C=O) groups excluding carboxylic acids is 2. The highest BCUT2D eigenvalue weighted by Gasteiger charge is 2.48. The molecule has 0 unspecified atom stereocenters. The van der Waals surface area contributed by atoms with Crippen molar-refractivity contribution >= 4 is 17.9 Å². The van der Waals surface area contributed by atoms with Gasteiger partial charge >= 0.3 is 0 Å². The van der Waals surface area contributed by atoms with Crippen LogP contribution in [-0.2, 0) is 9.59 Å². The van der Waals surface area contributed by atoms with Crippen LogP contribution in [0.15, 0.2) is 54.6 Å². The number of nitrogens with zero attached hydrogens (tertiary/aromatic N) is 1.